The maximum absolute atomic E-state index is 2.50. The Labute approximate surface area is 297 Å². The largest absolute Gasteiger partial charge is 0.135 e. The van der Waals surface area contributed by atoms with Crippen molar-refractivity contribution in [3.8, 4) is 22.3 Å². The van der Waals surface area contributed by atoms with E-state index in [9.17, 15) is 0 Å². The minimum atomic E-state index is -0.0865. The molecular weight excluding hydrogens is 621 g/mol. The zero-order valence-electron chi connectivity index (χ0n) is 28.5. The third kappa shape index (κ3) is 4.30. The average molecular weight is 657 g/mol. The minimum absolute atomic E-state index is 0.0865. The molecule has 0 N–H and O–H groups in total. The lowest BCUT2D eigenvalue weighted by atomic mass is 9.81. The number of fused-ring (bicyclic) bond motifs is 10. The van der Waals surface area contributed by atoms with Gasteiger partial charge < -0.3 is 0 Å². The Balaban J connectivity index is 1.21. The van der Waals surface area contributed by atoms with Crippen molar-refractivity contribution >= 4 is 69.4 Å². The highest BCUT2D eigenvalue weighted by atomic mass is 32.1. The minimum Gasteiger partial charge on any atom is -0.135 e. The molecule has 50 heavy (non-hydrogen) atoms. The quantitative estimate of drug-likeness (QED) is 0.166. The van der Waals surface area contributed by atoms with Gasteiger partial charge in [0.05, 0.1) is 0 Å². The summed E-state index contributed by atoms with van der Waals surface area (Å²) in [7, 11) is 0. The lowest BCUT2D eigenvalue weighted by molar-refractivity contribution is 0.661. The fraction of sp³-hybridized carbons (Fsp3) is 0.102. The van der Waals surface area contributed by atoms with Crippen LogP contribution in [0.15, 0.2) is 157 Å². The highest BCUT2D eigenvalue weighted by molar-refractivity contribution is 7.26. The first-order chi connectivity index (χ1) is 24.5. The standard InChI is InChI=1S/C49H36S/c1-30(21-22-31-13-5-4-6-14-31)46-34-15-7-9-17-36(34)47(37-18-10-8-16-35(37)46)33-23-25-42-40(27-33)41-29-39-32(28-43(41)49(42,2)3)24-26-45-48(39)38-19-11-12-20-44(38)50-45/h4-13,15-29H,14H2,1-3H3/b30-21+,31-22-. The number of allylic oxidation sites excluding steroid dienone is 8. The van der Waals surface area contributed by atoms with Gasteiger partial charge >= 0.3 is 0 Å². The Morgan fingerprint density at radius 1 is 0.640 bits per heavy atom. The summed E-state index contributed by atoms with van der Waals surface area (Å²) in [6, 6.07) is 43.8. The summed E-state index contributed by atoms with van der Waals surface area (Å²) in [4.78, 5) is 0. The van der Waals surface area contributed by atoms with E-state index in [2.05, 4.69) is 172 Å². The van der Waals surface area contributed by atoms with Crippen LogP contribution < -0.4 is 0 Å². The normalized spacial score (nSPS) is 16.0. The highest BCUT2D eigenvalue weighted by Crippen LogP contribution is 2.53. The topological polar surface area (TPSA) is 0 Å². The van der Waals surface area contributed by atoms with E-state index in [4.69, 9.17) is 0 Å². The van der Waals surface area contributed by atoms with Crippen molar-refractivity contribution in [3.05, 3.63) is 174 Å². The molecule has 238 valence electrons. The van der Waals surface area contributed by atoms with Crippen LogP contribution in [0.2, 0.25) is 0 Å². The van der Waals surface area contributed by atoms with Crippen LogP contribution in [0.4, 0.5) is 0 Å². The van der Waals surface area contributed by atoms with Crippen LogP contribution in [0.5, 0.6) is 0 Å². The van der Waals surface area contributed by atoms with Crippen molar-refractivity contribution in [1.29, 1.82) is 0 Å². The molecule has 0 radical (unpaired) electrons. The van der Waals surface area contributed by atoms with E-state index < -0.39 is 0 Å². The molecule has 2 aliphatic carbocycles. The summed E-state index contributed by atoms with van der Waals surface area (Å²) in [6.45, 7) is 7.05. The van der Waals surface area contributed by atoms with Crippen molar-refractivity contribution in [2.75, 3.05) is 0 Å². The Morgan fingerprint density at radius 2 is 1.34 bits per heavy atom. The van der Waals surface area contributed by atoms with E-state index >= 15 is 0 Å². The molecule has 1 heteroatoms. The molecular formula is C49H36S. The van der Waals surface area contributed by atoms with Gasteiger partial charge in [0.15, 0.2) is 0 Å². The van der Waals surface area contributed by atoms with Crippen LogP contribution in [0.25, 0.3) is 80.3 Å². The van der Waals surface area contributed by atoms with Crippen LogP contribution in [0, 0.1) is 0 Å². The van der Waals surface area contributed by atoms with Gasteiger partial charge in [-0.15, -0.1) is 11.3 Å². The molecule has 0 nitrogen and oxygen atoms in total. The van der Waals surface area contributed by atoms with Crippen molar-refractivity contribution in [2.45, 2.75) is 32.6 Å². The molecule has 7 aromatic carbocycles. The number of thiophene rings is 1. The van der Waals surface area contributed by atoms with Gasteiger partial charge in [-0.1, -0.05) is 135 Å². The van der Waals surface area contributed by atoms with Crippen LogP contribution in [0.1, 0.15) is 43.9 Å². The monoisotopic (exact) mass is 656 g/mol. The lowest BCUT2D eigenvalue weighted by Gasteiger charge is -2.22. The Bertz CT molecular complexity index is 2810. The fourth-order valence-electron chi connectivity index (χ4n) is 8.78. The zero-order valence-corrected chi connectivity index (χ0v) is 29.4. The smallest absolute Gasteiger partial charge is 0.0361 e. The molecule has 0 saturated heterocycles. The van der Waals surface area contributed by atoms with Crippen molar-refractivity contribution in [2.24, 2.45) is 0 Å². The second-order valence-electron chi connectivity index (χ2n) is 14.5. The third-order valence-electron chi connectivity index (χ3n) is 11.2. The lowest BCUT2D eigenvalue weighted by Crippen LogP contribution is -2.14. The first-order valence-electron chi connectivity index (χ1n) is 17.7. The molecule has 0 spiro atoms. The summed E-state index contributed by atoms with van der Waals surface area (Å²) in [6.07, 6.45) is 14.2. The molecule has 0 saturated carbocycles. The summed E-state index contributed by atoms with van der Waals surface area (Å²) < 4.78 is 2.71. The first-order valence-corrected chi connectivity index (χ1v) is 18.5. The molecule has 0 aliphatic heterocycles. The molecule has 1 aromatic heterocycles. The second kappa shape index (κ2) is 11.0. The Morgan fingerprint density at radius 3 is 2.08 bits per heavy atom. The number of hydrogen-bond acceptors (Lipinski definition) is 1. The molecule has 0 fully saturated rings. The summed E-state index contributed by atoms with van der Waals surface area (Å²) in [5, 5.41) is 10.6. The van der Waals surface area contributed by atoms with Gasteiger partial charge in [-0.25, -0.2) is 0 Å². The SMILES string of the molecule is C/C(=C\C=C1\C=CC=CC1)c1c2ccccc2c(-c2ccc3c(c2)-c2cc4c(ccc5sc6ccccc6c54)cc2C3(C)C)c2ccccc12. The van der Waals surface area contributed by atoms with E-state index in [-0.39, 0.29) is 5.41 Å². The fourth-order valence-corrected chi connectivity index (χ4v) is 9.90. The van der Waals surface area contributed by atoms with Crippen molar-refractivity contribution in [3.63, 3.8) is 0 Å². The Hall–Kier alpha value is -5.50. The van der Waals surface area contributed by atoms with Crippen LogP contribution >= 0.6 is 11.3 Å². The van der Waals surface area contributed by atoms with Gasteiger partial charge in [-0.2, -0.15) is 0 Å². The molecule has 10 rings (SSSR count). The maximum atomic E-state index is 2.50. The number of benzene rings is 7. The second-order valence-corrected chi connectivity index (χ2v) is 15.5. The van der Waals surface area contributed by atoms with E-state index in [0.29, 0.717) is 0 Å². The zero-order chi connectivity index (χ0) is 33.6. The molecule has 1 heterocycles. The van der Waals surface area contributed by atoms with Crippen molar-refractivity contribution in [1.82, 2.24) is 0 Å². The Kier molecular flexibility index (Phi) is 6.47. The molecule has 8 aromatic rings. The summed E-state index contributed by atoms with van der Waals surface area (Å²) >= 11 is 1.90. The predicted octanol–water partition coefficient (Wildman–Crippen LogP) is 14.3. The van der Waals surface area contributed by atoms with Gasteiger partial charge in [0.25, 0.3) is 0 Å². The van der Waals surface area contributed by atoms with Gasteiger partial charge in [0, 0.05) is 25.6 Å². The summed E-state index contributed by atoms with van der Waals surface area (Å²) in [5.74, 6) is 0. The van der Waals surface area contributed by atoms with Crippen LogP contribution in [-0.4, -0.2) is 0 Å². The van der Waals surface area contributed by atoms with Gasteiger partial charge in [-0.3, -0.25) is 0 Å². The highest BCUT2D eigenvalue weighted by Gasteiger charge is 2.36. The van der Waals surface area contributed by atoms with E-state index in [1.54, 1.807) is 0 Å². The van der Waals surface area contributed by atoms with E-state index in [0.717, 1.165) is 6.42 Å². The van der Waals surface area contributed by atoms with Crippen LogP contribution in [-0.2, 0) is 5.41 Å². The first kappa shape index (κ1) is 29.4. The molecule has 0 bridgehead atoms. The summed E-state index contributed by atoms with van der Waals surface area (Å²) in [5.41, 5.74) is 12.0. The number of rotatable bonds is 3. The van der Waals surface area contributed by atoms with Gasteiger partial charge in [0.1, 0.15) is 0 Å². The van der Waals surface area contributed by atoms with Crippen LogP contribution in [0.3, 0.4) is 0 Å². The number of hydrogen-bond donors (Lipinski definition) is 0. The molecule has 0 atom stereocenters. The average Bonchev–Trinajstić information content (AvgIpc) is 3.64. The molecule has 0 unspecified atom stereocenters. The molecule has 0 amide bonds. The van der Waals surface area contributed by atoms with Crippen molar-refractivity contribution < 1.29 is 0 Å². The van der Waals surface area contributed by atoms with E-state index in [1.165, 1.54) is 103 Å². The van der Waals surface area contributed by atoms with E-state index in [1.807, 2.05) is 11.3 Å². The predicted molar refractivity (Wildman–Crippen MR) is 219 cm³/mol. The molecule has 2 aliphatic rings. The van der Waals surface area contributed by atoms with Gasteiger partial charge in [-0.05, 0) is 126 Å². The third-order valence-corrected chi connectivity index (χ3v) is 12.4. The maximum Gasteiger partial charge on any atom is 0.0361 e. The van der Waals surface area contributed by atoms with Gasteiger partial charge in [0.2, 0.25) is 0 Å².